The maximum absolute atomic E-state index is 11.0. The molecule has 0 N–H and O–H groups in total. The monoisotopic (exact) mass is 254 g/mol. The van der Waals surface area contributed by atoms with Gasteiger partial charge in [-0.05, 0) is 5.56 Å². The molecule has 0 fully saturated rings. The molecule has 0 spiro atoms. The molecule has 2 atom stereocenters. The van der Waals surface area contributed by atoms with Gasteiger partial charge in [0.1, 0.15) is 12.5 Å². The maximum Gasteiger partial charge on any atom is 0.249 e. The van der Waals surface area contributed by atoms with Crippen molar-refractivity contribution in [3.05, 3.63) is 56.1 Å². The third-order valence-corrected chi connectivity index (χ3v) is 2.65. The van der Waals surface area contributed by atoms with E-state index in [-0.39, 0.29) is 6.61 Å². The highest BCUT2D eigenvalue weighted by Crippen LogP contribution is 2.22. The zero-order valence-corrected chi connectivity index (χ0v) is 9.89. The second-order valence-corrected chi connectivity index (χ2v) is 3.84. The van der Waals surface area contributed by atoms with Crippen LogP contribution >= 0.6 is 0 Å². The fourth-order valence-electron chi connectivity index (χ4n) is 1.80. The minimum Gasteiger partial charge on any atom is -0.378 e. The van der Waals surface area contributed by atoms with Gasteiger partial charge in [-0.15, -0.1) is 0 Å². The van der Waals surface area contributed by atoms with E-state index in [0.29, 0.717) is 5.56 Å². The van der Waals surface area contributed by atoms with Crippen molar-refractivity contribution in [2.24, 2.45) is 0 Å². The van der Waals surface area contributed by atoms with Crippen molar-refractivity contribution >= 4 is 0 Å². The van der Waals surface area contributed by atoms with Gasteiger partial charge in [-0.3, -0.25) is 20.2 Å². The van der Waals surface area contributed by atoms with Crippen LogP contribution < -0.4 is 0 Å². The summed E-state index contributed by atoms with van der Waals surface area (Å²) in [6.07, 6.45) is 0. The summed E-state index contributed by atoms with van der Waals surface area (Å²) >= 11 is 0. The lowest BCUT2D eigenvalue weighted by Gasteiger charge is -2.17. The Labute approximate surface area is 104 Å². The van der Waals surface area contributed by atoms with Crippen LogP contribution in [0.25, 0.3) is 0 Å². The molecule has 0 aliphatic heterocycles. The lowest BCUT2D eigenvalue weighted by molar-refractivity contribution is -0.549. The molecule has 1 rings (SSSR count). The third kappa shape index (κ3) is 3.77. The number of benzene rings is 1. The van der Waals surface area contributed by atoms with Crippen molar-refractivity contribution < 1.29 is 14.6 Å². The molecule has 18 heavy (non-hydrogen) atoms. The van der Waals surface area contributed by atoms with E-state index in [4.69, 9.17) is 4.74 Å². The molecule has 0 heterocycles. The fourth-order valence-corrected chi connectivity index (χ4v) is 1.80. The van der Waals surface area contributed by atoms with E-state index in [1.165, 1.54) is 7.11 Å². The van der Waals surface area contributed by atoms with Crippen LogP contribution in [0, 0.1) is 20.2 Å². The first-order chi connectivity index (χ1) is 8.56. The molecule has 7 heteroatoms. The van der Waals surface area contributed by atoms with E-state index in [9.17, 15) is 20.2 Å². The topological polar surface area (TPSA) is 95.5 Å². The Morgan fingerprint density at radius 1 is 1.22 bits per heavy atom. The van der Waals surface area contributed by atoms with Gasteiger partial charge in [-0.2, -0.15) is 0 Å². The largest absolute Gasteiger partial charge is 0.378 e. The summed E-state index contributed by atoms with van der Waals surface area (Å²) in [7, 11) is 1.34. The quantitative estimate of drug-likeness (QED) is 0.540. The van der Waals surface area contributed by atoms with Crippen LogP contribution in [-0.2, 0) is 4.74 Å². The molecule has 1 aromatic carbocycles. The highest BCUT2D eigenvalue weighted by molar-refractivity contribution is 5.20. The normalized spacial score (nSPS) is 13.8. The molecule has 0 radical (unpaired) electrons. The molecule has 98 valence electrons. The van der Waals surface area contributed by atoms with Gasteiger partial charge in [-0.1, -0.05) is 30.3 Å². The van der Waals surface area contributed by atoms with Crippen LogP contribution in [0.1, 0.15) is 11.5 Å². The summed E-state index contributed by atoms with van der Waals surface area (Å²) in [5.41, 5.74) is 0.577. The van der Waals surface area contributed by atoms with Gasteiger partial charge in [-0.25, -0.2) is 0 Å². The molecular formula is C11H14N2O5. The second kappa shape index (κ2) is 6.65. The fraction of sp³-hybridized carbons (Fsp3) is 0.455. The van der Waals surface area contributed by atoms with Crippen LogP contribution in [0.15, 0.2) is 30.3 Å². The van der Waals surface area contributed by atoms with Gasteiger partial charge in [0.05, 0.1) is 0 Å². The number of methoxy groups -OCH3 is 1. The van der Waals surface area contributed by atoms with E-state index in [1.54, 1.807) is 30.3 Å². The molecule has 0 amide bonds. The number of hydrogen-bond acceptors (Lipinski definition) is 5. The van der Waals surface area contributed by atoms with Gasteiger partial charge < -0.3 is 4.74 Å². The van der Waals surface area contributed by atoms with E-state index in [1.807, 2.05) is 0 Å². The SMILES string of the molecule is COC[C@@H]([C@H](C[N+](=O)[O-])c1ccccc1)[N+](=O)[O-]. The average molecular weight is 254 g/mol. The summed E-state index contributed by atoms with van der Waals surface area (Å²) in [5.74, 6) is -0.795. The van der Waals surface area contributed by atoms with E-state index in [2.05, 4.69) is 0 Å². The van der Waals surface area contributed by atoms with Crippen LogP contribution in [0.4, 0.5) is 0 Å². The first-order valence-electron chi connectivity index (χ1n) is 5.35. The van der Waals surface area contributed by atoms with Gasteiger partial charge in [0.2, 0.25) is 12.6 Å². The smallest absolute Gasteiger partial charge is 0.249 e. The minimum absolute atomic E-state index is 0.152. The highest BCUT2D eigenvalue weighted by atomic mass is 16.6. The van der Waals surface area contributed by atoms with Crippen LogP contribution in [0.3, 0.4) is 0 Å². The van der Waals surface area contributed by atoms with Gasteiger partial charge in [0.25, 0.3) is 0 Å². The lowest BCUT2D eigenvalue weighted by Crippen LogP contribution is -2.35. The maximum atomic E-state index is 11.0. The Morgan fingerprint density at radius 3 is 2.28 bits per heavy atom. The van der Waals surface area contributed by atoms with Crippen LogP contribution in [-0.4, -0.2) is 36.1 Å². The van der Waals surface area contributed by atoms with Gasteiger partial charge in [0, 0.05) is 17.0 Å². The number of nitrogens with zero attached hydrogens (tertiary/aromatic N) is 2. The molecule has 0 aliphatic rings. The van der Waals surface area contributed by atoms with Crippen molar-refractivity contribution in [1.82, 2.24) is 0 Å². The summed E-state index contributed by atoms with van der Waals surface area (Å²) in [4.78, 5) is 20.6. The molecule has 7 nitrogen and oxygen atoms in total. The Bertz CT molecular complexity index is 409. The highest BCUT2D eigenvalue weighted by Gasteiger charge is 2.36. The van der Waals surface area contributed by atoms with Crippen LogP contribution in [0.5, 0.6) is 0 Å². The lowest BCUT2D eigenvalue weighted by atomic mass is 9.92. The summed E-state index contributed by atoms with van der Waals surface area (Å²) < 4.78 is 4.79. The van der Waals surface area contributed by atoms with E-state index >= 15 is 0 Å². The Hall–Kier alpha value is -2.02. The van der Waals surface area contributed by atoms with Crippen LogP contribution in [0.2, 0.25) is 0 Å². The molecule has 0 aromatic heterocycles. The summed E-state index contributed by atoms with van der Waals surface area (Å²) in [5, 5.41) is 21.6. The Balaban J connectivity index is 3.03. The zero-order chi connectivity index (χ0) is 13.5. The van der Waals surface area contributed by atoms with Crippen molar-refractivity contribution in [3.63, 3.8) is 0 Å². The molecule has 1 aromatic rings. The average Bonchev–Trinajstić information content (AvgIpc) is 2.34. The molecule has 0 saturated carbocycles. The van der Waals surface area contributed by atoms with Crippen molar-refractivity contribution in [1.29, 1.82) is 0 Å². The number of nitro groups is 2. The summed E-state index contributed by atoms with van der Waals surface area (Å²) in [6, 6.07) is 7.34. The molecular weight excluding hydrogens is 240 g/mol. The Morgan fingerprint density at radius 2 is 1.83 bits per heavy atom. The standard InChI is InChI=1S/C11H14N2O5/c1-18-8-11(13(16)17)10(7-12(14)15)9-5-3-2-4-6-9/h2-6,10-11H,7-8H2,1H3/t10-,11+/m1/s1. The molecule has 0 aliphatic carbocycles. The van der Waals surface area contributed by atoms with E-state index in [0.717, 1.165) is 0 Å². The molecule has 0 bridgehead atoms. The van der Waals surface area contributed by atoms with Crippen molar-refractivity contribution in [2.75, 3.05) is 20.3 Å². The first-order valence-corrected chi connectivity index (χ1v) is 5.35. The van der Waals surface area contributed by atoms with Gasteiger partial charge >= 0.3 is 0 Å². The predicted octanol–water partition coefficient (Wildman–Crippen LogP) is 1.34. The minimum atomic E-state index is -1.12. The molecule has 0 unspecified atom stereocenters. The third-order valence-electron chi connectivity index (χ3n) is 2.65. The number of ether oxygens (including phenoxy) is 1. The number of rotatable bonds is 7. The van der Waals surface area contributed by atoms with Crippen molar-refractivity contribution in [2.45, 2.75) is 12.0 Å². The first kappa shape index (κ1) is 14.0. The zero-order valence-electron chi connectivity index (χ0n) is 9.89. The molecule has 0 saturated heterocycles. The van der Waals surface area contributed by atoms with E-state index < -0.39 is 28.4 Å². The summed E-state index contributed by atoms with van der Waals surface area (Å²) in [6.45, 7) is -0.639. The number of hydrogen-bond donors (Lipinski definition) is 0. The van der Waals surface area contributed by atoms with Gasteiger partial charge in [0.15, 0.2) is 0 Å². The predicted molar refractivity (Wildman–Crippen MR) is 63.7 cm³/mol. The van der Waals surface area contributed by atoms with Crippen molar-refractivity contribution in [3.8, 4) is 0 Å². The Kier molecular flexibility index (Phi) is 5.19. The second-order valence-electron chi connectivity index (χ2n) is 3.84.